The minimum atomic E-state index is 0.116. The highest BCUT2D eigenvalue weighted by Crippen LogP contribution is 2.29. The van der Waals surface area contributed by atoms with Crippen molar-refractivity contribution in [2.45, 2.75) is 19.4 Å². The van der Waals surface area contributed by atoms with Gasteiger partial charge in [0.05, 0.1) is 9.21 Å². The summed E-state index contributed by atoms with van der Waals surface area (Å²) in [5.74, 6) is 0.685. The van der Waals surface area contributed by atoms with Gasteiger partial charge in [0.1, 0.15) is 0 Å². The maximum atomic E-state index is 12.2. The van der Waals surface area contributed by atoms with Crippen LogP contribution < -0.4 is 0 Å². The zero-order chi connectivity index (χ0) is 11.7. The number of rotatable bonds is 2. The highest BCUT2D eigenvalue weighted by molar-refractivity contribution is 9.09. The smallest absolute Gasteiger partial charge is 0.264 e. The summed E-state index contributed by atoms with van der Waals surface area (Å²) < 4.78 is 0.672. The van der Waals surface area contributed by atoms with E-state index < -0.39 is 0 Å². The number of alkyl halides is 1. The molecular formula is C11H13BrClNOS. The van der Waals surface area contributed by atoms with Crippen LogP contribution in [-0.2, 0) is 0 Å². The summed E-state index contributed by atoms with van der Waals surface area (Å²) in [4.78, 5) is 14.9. The van der Waals surface area contributed by atoms with E-state index >= 15 is 0 Å². The Kier molecular flexibility index (Phi) is 3.93. The summed E-state index contributed by atoms with van der Waals surface area (Å²) in [6.45, 7) is 3.05. The fourth-order valence-corrected chi connectivity index (χ4v) is 4.05. The van der Waals surface area contributed by atoms with Crippen LogP contribution >= 0.6 is 38.9 Å². The first-order valence-corrected chi connectivity index (χ1v) is 7.57. The minimum absolute atomic E-state index is 0.116. The molecule has 16 heavy (non-hydrogen) atoms. The second kappa shape index (κ2) is 5.07. The van der Waals surface area contributed by atoms with E-state index in [9.17, 15) is 4.79 Å². The molecular weight excluding hydrogens is 310 g/mol. The molecule has 1 aliphatic heterocycles. The topological polar surface area (TPSA) is 20.3 Å². The van der Waals surface area contributed by atoms with Crippen LogP contribution in [0.1, 0.15) is 23.0 Å². The maximum absolute atomic E-state index is 12.2. The summed E-state index contributed by atoms with van der Waals surface area (Å²) in [5, 5.41) is 0.846. The van der Waals surface area contributed by atoms with Gasteiger partial charge in [0.2, 0.25) is 0 Å². The number of carbonyl (C=O) groups is 1. The van der Waals surface area contributed by atoms with Crippen LogP contribution in [0.4, 0.5) is 0 Å². The van der Waals surface area contributed by atoms with Crippen LogP contribution in [0, 0.1) is 5.92 Å². The quantitative estimate of drug-likeness (QED) is 0.761. The van der Waals surface area contributed by atoms with Crippen LogP contribution in [0.2, 0.25) is 4.34 Å². The molecule has 1 aromatic heterocycles. The van der Waals surface area contributed by atoms with Gasteiger partial charge in [-0.2, -0.15) is 0 Å². The van der Waals surface area contributed by atoms with Crippen LogP contribution in [0.3, 0.4) is 0 Å². The molecule has 0 radical (unpaired) electrons. The molecule has 1 aliphatic rings. The average Bonchev–Trinajstić information content (AvgIpc) is 2.83. The summed E-state index contributed by atoms with van der Waals surface area (Å²) >= 11 is 10.7. The second-order valence-electron chi connectivity index (χ2n) is 4.09. The lowest BCUT2D eigenvalue weighted by Crippen LogP contribution is -2.38. The molecule has 2 unspecified atom stereocenters. The van der Waals surface area contributed by atoms with Crippen molar-refractivity contribution in [2.24, 2.45) is 5.92 Å². The molecule has 0 aromatic carbocycles. The Bertz CT molecular complexity index is 395. The third-order valence-electron chi connectivity index (χ3n) is 3.09. The van der Waals surface area contributed by atoms with E-state index in [2.05, 4.69) is 22.9 Å². The Morgan fingerprint density at radius 2 is 2.44 bits per heavy atom. The van der Waals surface area contributed by atoms with E-state index in [4.69, 9.17) is 11.6 Å². The summed E-state index contributed by atoms with van der Waals surface area (Å²) in [7, 11) is 0. The van der Waals surface area contributed by atoms with E-state index in [1.165, 1.54) is 11.3 Å². The Labute approximate surface area is 113 Å². The Hall–Kier alpha value is -0.0600. The number of halogens is 2. The van der Waals surface area contributed by atoms with Crippen LogP contribution in [0.5, 0.6) is 0 Å². The number of hydrogen-bond acceptors (Lipinski definition) is 2. The van der Waals surface area contributed by atoms with Gasteiger partial charge in [-0.15, -0.1) is 11.3 Å². The molecule has 0 saturated carbocycles. The van der Waals surface area contributed by atoms with Gasteiger partial charge in [-0.1, -0.05) is 34.5 Å². The number of thiophene rings is 1. The molecule has 1 fully saturated rings. The molecule has 2 nitrogen and oxygen atoms in total. The Morgan fingerprint density at radius 3 is 3.00 bits per heavy atom. The molecule has 0 spiro atoms. The van der Waals surface area contributed by atoms with Crippen molar-refractivity contribution in [3.63, 3.8) is 0 Å². The van der Waals surface area contributed by atoms with Gasteiger partial charge in [0.25, 0.3) is 5.91 Å². The lowest BCUT2D eigenvalue weighted by atomic mass is 10.1. The third kappa shape index (κ3) is 2.29. The van der Waals surface area contributed by atoms with E-state index in [-0.39, 0.29) is 5.91 Å². The van der Waals surface area contributed by atoms with Crippen molar-refractivity contribution in [1.29, 1.82) is 0 Å². The summed E-state index contributed by atoms with van der Waals surface area (Å²) in [6.07, 6.45) is 1.08. The largest absolute Gasteiger partial charge is 0.334 e. The Balaban J connectivity index is 2.16. The molecule has 1 saturated heterocycles. The van der Waals surface area contributed by atoms with Gasteiger partial charge in [-0.05, 0) is 24.5 Å². The zero-order valence-electron chi connectivity index (χ0n) is 8.95. The minimum Gasteiger partial charge on any atom is -0.334 e. The molecule has 0 aliphatic carbocycles. The molecule has 1 aromatic rings. The third-order valence-corrected chi connectivity index (χ3v) is 4.97. The highest BCUT2D eigenvalue weighted by Gasteiger charge is 2.34. The van der Waals surface area contributed by atoms with Crippen LogP contribution in [0.15, 0.2) is 12.1 Å². The maximum Gasteiger partial charge on any atom is 0.264 e. The number of amides is 1. The summed E-state index contributed by atoms with van der Waals surface area (Å²) in [5.41, 5.74) is 0. The molecule has 2 heterocycles. The van der Waals surface area contributed by atoms with E-state index in [1.807, 2.05) is 11.0 Å². The van der Waals surface area contributed by atoms with E-state index in [0.717, 1.165) is 23.2 Å². The second-order valence-corrected chi connectivity index (χ2v) is 6.45. The normalized spacial score (nSPS) is 25.1. The van der Waals surface area contributed by atoms with E-state index in [1.54, 1.807) is 6.07 Å². The zero-order valence-corrected chi connectivity index (χ0v) is 12.1. The van der Waals surface area contributed by atoms with Crippen LogP contribution in [-0.4, -0.2) is 28.7 Å². The number of nitrogens with zero attached hydrogens (tertiary/aromatic N) is 1. The fraction of sp³-hybridized carbons (Fsp3) is 0.545. The van der Waals surface area contributed by atoms with Gasteiger partial charge in [-0.25, -0.2) is 0 Å². The standard InChI is InChI=1S/C11H13BrClNOS/c1-7-4-5-14(8(7)6-12)11(15)9-2-3-10(13)16-9/h2-3,7-8H,4-6H2,1H3. The monoisotopic (exact) mass is 321 g/mol. The molecule has 88 valence electrons. The van der Waals surface area contributed by atoms with Gasteiger partial charge in [-0.3, -0.25) is 4.79 Å². The molecule has 0 N–H and O–H groups in total. The number of likely N-dealkylation sites (tertiary alicyclic amines) is 1. The predicted molar refractivity (Wildman–Crippen MR) is 71.7 cm³/mol. The van der Waals surface area contributed by atoms with Crippen molar-refractivity contribution >= 4 is 44.8 Å². The van der Waals surface area contributed by atoms with Crippen molar-refractivity contribution < 1.29 is 4.79 Å². The fourth-order valence-electron chi connectivity index (χ4n) is 2.07. The number of hydrogen-bond donors (Lipinski definition) is 0. The molecule has 2 atom stereocenters. The van der Waals surface area contributed by atoms with Gasteiger partial charge < -0.3 is 4.90 Å². The lowest BCUT2D eigenvalue weighted by molar-refractivity contribution is 0.0743. The van der Waals surface area contributed by atoms with Crippen molar-refractivity contribution in [1.82, 2.24) is 4.90 Å². The van der Waals surface area contributed by atoms with Crippen molar-refractivity contribution in [3.05, 3.63) is 21.3 Å². The first kappa shape index (κ1) is 12.4. The SMILES string of the molecule is CC1CCN(C(=O)c2ccc(Cl)s2)C1CBr. The molecule has 1 amide bonds. The van der Waals surface area contributed by atoms with Gasteiger partial charge in [0, 0.05) is 17.9 Å². The summed E-state index contributed by atoms with van der Waals surface area (Å²) in [6, 6.07) is 3.90. The Morgan fingerprint density at radius 1 is 1.69 bits per heavy atom. The molecule has 2 rings (SSSR count). The molecule has 0 bridgehead atoms. The first-order valence-electron chi connectivity index (χ1n) is 5.25. The first-order chi connectivity index (χ1) is 7.63. The highest BCUT2D eigenvalue weighted by atomic mass is 79.9. The lowest BCUT2D eigenvalue weighted by Gasteiger charge is -2.24. The van der Waals surface area contributed by atoms with Gasteiger partial charge >= 0.3 is 0 Å². The average molecular weight is 323 g/mol. The van der Waals surface area contributed by atoms with Crippen molar-refractivity contribution in [3.8, 4) is 0 Å². The van der Waals surface area contributed by atoms with E-state index in [0.29, 0.717) is 16.3 Å². The van der Waals surface area contributed by atoms with Crippen LogP contribution in [0.25, 0.3) is 0 Å². The number of carbonyl (C=O) groups excluding carboxylic acids is 1. The predicted octanol–water partition coefficient (Wildman–Crippen LogP) is 3.65. The van der Waals surface area contributed by atoms with Crippen molar-refractivity contribution in [2.75, 3.05) is 11.9 Å². The van der Waals surface area contributed by atoms with Gasteiger partial charge in [0.15, 0.2) is 0 Å². The molecule has 5 heteroatoms.